The third-order valence-electron chi connectivity index (χ3n) is 2.73. The third-order valence-corrected chi connectivity index (χ3v) is 3.59. The van der Waals surface area contributed by atoms with Crippen molar-refractivity contribution in [2.75, 3.05) is 0 Å². The molecule has 0 unspecified atom stereocenters. The SMILES string of the molecule is O=C(O)c1ccc(Sc2cc3ccccc3c(=O)[nH]2)o1. The smallest absolute Gasteiger partial charge is 0.371 e. The largest absolute Gasteiger partial charge is 0.475 e. The summed E-state index contributed by atoms with van der Waals surface area (Å²) in [6.45, 7) is 0. The number of carbonyl (C=O) groups is 1. The van der Waals surface area contributed by atoms with Gasteiger partial charge in [0.25, 0.3) is 5.56 Å². The Morgan fingerprint density at radius 3 is 2.75 bits per heavy atom. The van der Waals surface area contributed by atoms with Crippen molar-refractivity contribution in [3.8, 4) is 0 Å². The molecule has 0 spiro atoms. The Kier molecular flexibility index (Phi) is 3.08. The molecule has 0 aliphatic rings. The lowest BCUT2D eigenvalue weighted by atomic mass is 10.2. The van der Waals surface area contributed by atoms with Crippen LogP contribution in [-0.4, -0.2) is 16.1 Å². The summed E-state index contributed by atoms with van der Waals surface area (Å²) >= 11 is 1.17. The van der Waals surface area contributed by atoms with Gasteiger partial charge in [0.2, 0.25) is 5.76 Å². The molecule has 0 saturated carbocycles. The van der Waals surface area contributed by atoms with E-state index in [1.54, 1.807) is 18.2 Å². The van der Waals surface area contributed by atoms with Crippen LogP contribution in [0.15, 0.2) is 61.8 Å². The summed E-state index contributed by atoms with van der Waals surface area (Å²) in [6, 6.07) is 12.0. The van der Waals surface area contributed by atoms with Crippen molar-refractivity contribution in [1.82, 2.24) is 4.98 Å². The third kappa shape index (κ3) is 2.33. The van der Waals surface area contributed by atoms with Gasteiger partial charge in [0.1, 0.15) is 0 Å². The minimum absolute atomic E-state index is 0.129. The lowest BCUT2D eigenvalue weighted by Gasteiger charge is -2.01. The summed E-state index contributed by atoms with van der Waals surface area (Å²) in [5.74, 6) is -1.25. The molecule has 2 N–H and O–H groups in total. The molecule has 20 heavy (non-hydrogen) atoms. The van der Waals surface area contributed by atoms with Gasteiger partial charge in [-0.25, -0.2) is 4.79 Å². The number of carboxylic acid groups (broad SMARTS) is 1. The molecule has 6 heteroatoms. The van der Waals surface area contributed by atoms with E-state index in [9.17, 15) is 9.59 Å². The fourth-order valence-electron chi connectivity index (χ4n) is 1.84. The summed E-state index contributed by atoms with van der Waals surface area (Å²) < 4.78 is 5.14. The second kappa shape index (κ2) is 4.90. The number of carboxylic acids is 1. The number of aromatic nitrogens is 1. The van der Waals surface area contributed by atoms with Crippen LogP contribution in [0.5, 0.6) is 0 Å². The first-order chi connectivity index (χ1) is 9.63. The predicted molar refractivity (Wildman–Crippen MR) is 74.4 cm³/mol. The van der Waals surface area contributed by atoms with Crippen molar-refractivity contribution in [3.05, 3.63) is 58.6 Å². The molecule has 0 radical (unpaired) electrons. The van der Waals surface area contributed by atoms with E-state index in [0.717, 1.165) is 5.39 Å². The van der Waals surface area contributed by atoms with Gasteiger partial charge in [0.15, 0.2) is 5.09 Å². The van der Waals surface area contributed by atoms with E-state index in [2.05, 4.69) is 4.98 Å². The quantitative estimate of drug-likeness (QED) is 0.773. The first-order valence-electron chi connectivity index (χ1n) is 5.76. The van der Waals surface area contributed by atoms with Gasteiger partial charge in [-0.3, -0.25) is 4.79 Å². The molecule has 0 amide bonds. The number of rotatable bonds is 3. The van der Waals surface area contributed by atoms with Crippen LogP contribution < -0.4 is 5.56 Å². The topological polar surface area (TPSA) is 83.3 Å². The van der Waals surface area contributed by atoms with E-state index in [4.69, 9.17) is 9.52 Å². The molecule has 0 fully saturated rings. The first kappa shape index (κ1) is 12.6. The van der Waals surface area contributed by atoms with Gasteiger partial charge in [-0.2, -0.15) is 0 Å². The van der Waals surface area contributed by atoms with E-state index < -0.39 is 5.97 Å². The molecule has 0 aliphatic heterocycles. The molecule has 2 aromatic heterocycles. The average molecular weight is 287 g/mol. The zero-order chi connectivity index (χ0) is 14.1. The van der Waals surface area contributed by atoms with Crippen LogP contribution in [0.25, 0.3) is 10.8 Å². The van der Waals surface area contributed by atoms with Crippen LogP contribution in [0, 0.1) is 0 Å². The van der Waals surface area contributed by atoms with Crippen molar-refractivity contribution in [3.63, 3.8) is 0 Å². The summed E-state index contributed by atoms with van der Waals surface area (Å²) in [6.07, 6.45) is 0. The number of H-pyrrole nitrogens is 1. The summed E-state index contributed by atoms with van der Waals surface area (Å²) in [5, 5.41) is 11.2. The number of furan rings is 1. The van der Waals surface area contributed by atoms with Gasteiger partial charge in [0.05, 0.1) is 5.03 Å². The Labute approximate surface area is 117 Å². The van der Waals surface area contributed by atoms with Crippen LogP contribution in [0.4, 0.5) is 0 Å². The number of aromatic amines is 1. The predicted octanol–water partition coefficient (Wildman–Crippen LogP) is 2.97. The minimum atomic E-state index is -1.12. The van der Waals surface area contributed by atoms with E-state index >= 15 is 0 Å². The fourth-order valence-corrected chi connectivity index (χ4v) is 2.65. The Balaban J connectivity index is 1.98. The lowest BCUT2D eigenvalue weighted by molar-refractivity contribution is 0.0656. The van der Waals surface area contributed by atoms with E-state index in [0.29, 0.717) is 15.5 Å². The molecular weight excluding hydrogens is 278 g/mol. The highest BCUT2D eigenvalue weighted by Crippen LogP contribution is 2.28. The molecule has 3 aromatic rings. The summed E-state index contributed by atoms with van der Waals surface area (Å²) in [5.41, 5.74) is -0.185. The lowest BCUT2D eigenvalue weighted by Crippen LogP contribution is -2.06. The highest BCUT2D eigenvalue weighted by molar-refractivity contribution is 7.99. The maximum atomic E-state index is 11.9. The highest BCUT2D eigenvalue weighted by atomic mass is 32.2. The van der Waals surface area contributed by atoms with Gasteiger partial charge >= 0.3 is 5.97 Å². The molecule has 0 saturated heterocycles. The van der Waals surface area contributed by atoms with Crippen molar-refractivity contribution in [1.29, 1.82) is 0 Å². The second-order valence-corrected chi connectivity index (χ2v) is 5.12. The second-order valence-electron chi connectivity index (χ2n) is 4.08. The molecule has 3 rings (SSSR count). The Hall–Kier alpha value is -2.47. The molecule has 5 nitrogen and oxygen atoms in total. The normalized spacial score (nSPS) is 10.8. The molecule has 1 aromatic carbocycles. The zero-order valence-electron chi connectivity index (χ0n) is 10.1. The van der Waals surface area contributed by atoms with E-state index in [1.165, 1.54) is 17.8 Å². The summed E-state index contributed by atoms with van der Waals surface area (Å²) in [4.78, 5) is 25.4. The van der Waals surface area contributed by atoms with Crippen molar-refractivity contribution < 1.29 is 14.3 Å². The number of nitrogens with one attached hydrogen (secondary N) is 1. The first-order valence-corrected chi connectivity index (χ1v) is 6.58. The number of hydrogen-bond donors (Lipinski definition) is 2. The Morgan fingerprint density at radius 2 is 2.00 bits per heavy atom. The number of pyridine rings is 1. The van der Waals surface area contributed by atoms with Gasteiger partial charge in [0, 0.05) is 5.39 Å². The average Bonchev–Trinajstić information content (AvgIpc) is 2.87. The van der Waals surface area contributed by atoms with Crippen molar-refractivity contribution in [2.45, 2.75) is 10.1 Å². The Bertz CT molecular complexity index is 850. The van der Waals surface area contributed by atoms with Crippen molar-refractivity contribution in [2.24, 2.45) is 0 Å². The summed E-state index contributed by atoms with van der Waals surface area (Å²) in [7, 11) is 0. The van der Waals surface area contributed by atoms with Crippen LogP contribution in [0.3, 0.4) is 0 Å². The Morgan fingerprint density at radius 1 is 1.20 bits per heavy atom. The molecular formula is C14H9NO4S. The van der Waals surface area contributed by atoms with Gasteiger partial charge in [-0.1, -0.05) is 18.2 Å². The van der Waals surface area contributed by atoms with Crippen LogP contribution in [0.1, 0.15) is 10.6 Å². The molecule has 100 valence electrons. The zero-order valence-corrected chi connectivity index (χ0v) is 10.9. The standard InChI is InChI=1S/C14H9NO4S/c16-13-9-4-2-1-3-8(9)7-11(15-13)20-12-6-5-10(19-12)14(17)18/h1-7H,(H,15,16)(H,17,18). The molecule has 2 heterocycles. The molecule has 0 atom stereocenters. The minimum Gasteiger partial charge on any atom is -0.475 e. The van der Waals surface area contributed by atoms with E-state index in [-0.39, 0.29) is 11.3 Å². The number of aromatic carboxylic acids is 1. The number of fused-ring (bicyclic) bond motifs is 1. The van der Waals surface area contributed by atoms with Crippen LogP contribution >= 0.6 is 11.8 Å². The molecule has 0 bridgehead atoms. The number of benzene rings is 1. The highest BCUT2D eigenvalue weighted by Gasteiger charge is 2.11. The van der Waals surface area contributed by atoms with Gasteiger partial charge in [-0.15, -0.1) is 0 Å². The fraction of sp³-hybridized carbons (Fsp3) is 0. The van der Waals surface area contributed by atoms with Crippen molar-refractivity contribution >= 4 is 28.5 Å². The molecule has 0 aliphatic carbocycles. The van der Waals surface area contributed by atoms with Crippen LogP contribution in [0.2, 0.25) is 0 Å². The number of hydrogen-bond acceptors (Lipinski definition) is 4. The van der Waals surface area contributed by atoms with Crippen LogP contribution in [-0.2, 0) is 0 Å². The maximum Gasteiger partial charge on any atom is 0.371 e. The van der Waals surface area contributed by atoms with Gasteiger partial charge < -0.3 is 14.5 Å². The van der Waals surface area contributed by atoms with Gasteiger partial charge in [-0.05, 0) is 41.4 Å². The monoisotopic (exact) mass is 287 g/mol. The van der Waals surface area contributed by atoms with E-state index in [1.807, 2.05) is 18.2 Å². The maximum absolute atomic E-state index is 11.9.